The number of nitrogens with zero attached hydrogens (tertiary/aromatic N) is 2. The summed E-state index contributed by atoms with van der Waals surface area (Å²) in [5.41, 5.74) is 2.77. The summed E-state index contributed by atoms with van der Waals surface area (Å²) in [6, 6.07) is 10.0. The van der Waals surface area contributed by atoms with Crippen LogP contribution >= 0.6 is 0 Å². The van der Waals surface area contributed by atoms with E-state index in [1.54, 1.807) is 21.1 Å². The summed E-state index contributed by atoms with van der Waals surface area (Å²) in [7, 11) is 3.29. The number of fused-ring (bicyclic) bond motifs is 3. The van der Waals surface area contributed by atoms with Crippen LogP contribution in [0.2, 0.25) is 0 Å². The highest BCUT2D eigenvalue weighted by molar-refractivity contribution is 6.14. The molecule has 27 heavy (non-hydrogen) atoms. The SMILES string of the molecule is CCN(CC)CCn1c2cc(OC)c(C(C)=O)cc2c2c(OC)cccc21. The molecular weight excluding hydrogens is 340 g/mol. The van der Waals surface area contributed by atoms with Crippen molar-refractivity contribution in [2.24, 2.45) is 0 Å². The average molecular weight is 368 g/mol. The average Bonchev–Trinajstić information content (AvgIpc) is 3.00. The van der Waals surface area contributed by atoms with E-state index in [9.17, 15) is 4.79 Å². The smallest absolute Gasteiger partial charge is 0.163 e. The van der Waals surface area contributed by atoms with E-state index in [0.717, 1.165) is 53.7 Å². The Hall–Kier alpha value is -2.53. The summed E-state index contributed by atoms with van der Waals surface area (Å²) < 4.78 is 13.5. The van der Waals surface area contributed by atoms with Crippen LogP contribution in [0, 0.1) is 0 Å². The Kier molecular flexibility index (Phi) is 5.71. The zero-order valence-electron chi connectivity index (χ0n) is 16.8. The first-order chi connectivity index (χ1) is 13.0. The Morgan fingerprint density at radius 3 is 2.33 bits per heavy atom. The topological polar surface area (TPSA) is 43.7 Å². The molecule has 0 fully saturated rings. The molecule has 0 aliphatic heterocycles. The van der Waals surface area contributed by atoms with Crippen LogP contribution in [0.15, 0.2) is 30.3 Å². The number of rotatable bonds is 8. The van der Waals surface area contributed by atoms with Crippen molar-refractivity contribution in [2.45, 2.75) is 27.3 Å². The number of aromatic nitrogens is 1. The van der Waals surface area contributed by atoms with Gasteiger partial charge in [0.25, 0.3) is 0 Å². The van der Waals surface area contributed by atoms with Gasteiger partial charge in [-0.1, -0.05) is 19.9 Å². The predicted molar refractivity (Wildman–Crippen MR) is 110 cm³/mol. The van der Waals surface area contributed by atoms with Gasteiger partial charge in [0, 0.05) is 29.9 Å². The first-order valence-electron chi connectivity index (χ1n) is 9.45. The summed E-state index contributed by atoms with van der Waals surface area (Å²) in [6.07, 6.45) is 0. The highest BCUT2D eigenvalue weighted by atomic mass is 16.5. The second-order valence-corrected chi connectivity index (χ2v) is 6.66. The molecule has 0 spiro atoms. The Balaban J connectivity index is 2.29. The minimum atomic E-state index is -0.00677. The normalized spacial score (nSPS) is 11.5. The maximum atomic E-state index is 12.1. The van der Waals surface area contributed by atoms with Gasteiger partial charge >= 0.3 is 0 Å². The van der Waals surface area contributed by atoms with Crippen molar-refractivity contribution in [3.63, 3.8) is 0 Å². The number of ether oxygens (including phenoxy) is 2. The van der Waals surface area contributed by atoms with Crippen LogP contribution in [0.3, 0.4) is 0 Å². The number of hydrogen-bond acceptors (Lipinski definition) is 4. The van der Waals surface area contributed by atoms with Crippen molar-refractivity contribution < 1.29 is 14.3 Å². The van der Waals surface area contributed by atoms with Crippen molar-refractivity contribution in [1.82, 2.24) is 9.47 Å². The zero-order chi connectivity index (χ0) is 19.6. The van der Waals surface area contributed by atoms with E-state index in [0.29, 0.717) is 11.3 Å². The fraction of sp³-hybridized carbons (Fsp3) is 0.409. The van der Waals surface area contributed by atoms with Crippen molar-refractivity contribution in [2.75, 3.05) is 33.9 Å². The molecule has 0 radical (unpaired) electrons. The van der Waals surface area contributed by atoms with Gasteiger partial charge in [-0.25, -0.2) is 0 Å². The molecule has 1 aromatic heterocycles. The van der Waals surface area contributed by atoms with Crippen molar-refractivity contribution in [3.05, 3.63) is 35.9 Å². The molecule has 5 nitrogen and oxygen atoms in total. The minimum absolute atomic E-state index is 0.00677. The Bertz CT molecular complexity index is 971. The van der Waals surface area contributed by atoms with Crippen LogP contribution in [0.1, 0.15) is 31.1 Å². The third kappa shape index (κ3) is 3.39. The van der Waals surface area contributed by atoms with Crippen LogP contribution in [0.4, 0.5) is 0 Å². The number of ketones is 1. The van der Waals surface area contributed by atoms with E-state index in [1.165, 1.54) is 0 Å². The fourth-order valence-electron chi connectivity index (χ4n) is 3.77. The van der Waals surface area contributed by atoms with Crippen molar-refractivity contribution >= 4 is 27.6 Å². The van der Waals surface area contributed by atoms with E-state index in [-0.39, 0.29) is 5.78 Å². The molecular formula is C22H28N2O3. The predicted octanol–water partition coefficient (Wildman–Crippen LogP) is 4.36. The second kappa shape index (κ2) is 8.01. The summed E-state index contributed by atoms with van der Waals surface area (Å²) in [5, 5.41) is 2.06. The molecule has 3 aromatic rings. The molecule has 2 aromatic carbocycles. The molecule has 0 N–H and O–H groups in total. The van der Waals surface area contributed by atoms with E-state index >= 15 is 0 Å². The molecule has 144 valence electrons. The summed E-state index contributed by atoms with van der Waals surface area (Å²) >= 11 is 0. The second-order valence-electron chi connectivity index (χ2n) is 6.66. The molecule has 0 atom stereocenters. The lowest BCUT2D eigenvalue weighted by molar-refractivity contribution is 0.101. The molecule has 0 aliphatic rings. The van der Waals surface area contributed by atoms with E-state index in [4.69, 9.17) is 9.47 Å². The molecule has 1 heterocycles. The fourth-order valence-corrected chi connectivity index (χ4v) is 3.77. The van der Waals surface area contributed by atoms with Crippen LogP contribution in [-0.2, 0) is 6.54 Å². The van der Waals surface area contributed by atoms with Gasteiger partial charge in [-0.05, 0) is 38.2 Å². The van der Waals surface area contributed by atoms with E-state index in [1.807, 2.05) is 24.3 Å². The molecule has 5 heteroatoms. The molecule has 0 saturated carbocycles. The minimum Gasteiger partial charge on any atom is -0.496 e. The number of likely N-dealkylation sites (N-methyl/N-ethyl adjacent to an activating group) is 1. The lowest BCUT2D eigenvalue weighted by Crippen LogP contribution is -2.26. The highest BCUT2D eigenvalue weighted by Crippen LogP contribution is 2.38. The van der Waals surface area contributed by atoms with Crippen molar-refractivity contribution in [1.29, 1.82) is 0 Å². The molecule has 0 unspecified atom stereocenters. The Morgan fingerprint density at radius 1 is 1.04 bits per heavy atom. The first kappa shape index (κ1) is 19.2. The summed E-state index contributed by atoms with van der Waals surface area (Å²) in [6.45, 7) is 9.79. The van der Waals surface area contributed by atoms with Gasteiger partial charge in [0.05, 0.1) is 30.8 Å². The standard InChI is InChI=1S/C22H28N2O3/c1-6-23(7-2)11-12-24-18-9-8-10-20(26-4)22(18)17-13-16(15(3)25)21(27-5)14-19(17)24/h8-10,13-14H,6-7,11-12H2,1-5H3. The summed E-state index contributed by atoms with van der Waals surface area (Å²) in [4.78, 5) is 14.5. The first-order valence-corrected chi connectivity index (χ1v) is 9.45. The number of benzene rings is 2. The van der Waals surface area contributed by atoms with Gasteiger partial charge < -0.3 is 18.9 Å². The van der Waals surface area contributed by atoms with E-state index < -0.39 is 0 Å². The molecule has 3 rings (SSSR count). The largest absolute Gasteiger partial charge is 0.496 e. The number of Topliss-reactive ketones (excluding diaryl/α,β-unsaturated/α-hetero) is 1. The molecule has 0 bridgehead atoms. The van der Waals surface area contributed by atoms with Gasteiger partial charge in [0.1, 0.15) is 11.5 Å². The highest BCUT2D eigenvalue weighted by Gasteiger charge is 2.19. The van der Waals surface area contributed by atoms with Gasteiger partial charge in [-0.2, -0.15) is 0 Å². The van der Waals surface area contributed by atoms with Crippen LogP contribution in [0.5, 0.6) is 11.5 Å². The lowest BCUT2D eigenvalue weighted by Gasteiger charge is -2.19. The quantitative estimate of drug-likeness (QED) is 0.554. The van der Waals surface area contributed by atoms with Crippen LogP contribution < -0.4 is 9.47 Å². The van der Waals surface area contributed by atoms with Gasteiger partial charge in [-0.3, -0.25) is 4.79 Å². The Morgan fingerprint density at radius 2 is 1.74 bits per heavy atom. The molecule has 0 amide bonds. The third-order valence-electron chi connectivity index (χ3n) is 5.31. The summed E-state index contributed by atoms with van der Waals surface area (Å²) in [5.74, 6) is 1.42. The maximum absolute atomic E-state index is 12.1. The maximum Gasteiger partial charge on any atom is 0.163 e. The zero-order valence-corrected chi connectivity index (χ0v) is 16.8. The molecule has 0 saturated heterocycles. The number of hydrogen-bond donors (Lipinski definition) is 0. The lowest BCUT2D eigenvalue weighted by atomic mass is 10.1. The number of carbonyl (C=O) groups excluding carboxylic acids is 1. The van der Waals surface area contributed by atoms with E-state index in [2.05, 4.69) is 29.4 Å². The monoisotopic (exact) mass is 368 g/mol. The van der Waals surface area contributed by atoms with Crippen molar-refractivity contribution in [3.8, 4) is 11.5 Å². The van der Waals surface area contributed by atoms with Gasteiger partial charge in [0.2, 0.25) is 0 Å². The number of methoxy groups -OCH3 is 2. The third-order valence-corrected chi connectivity index (χ3v) is 5.31. The van der Waals surface area contributed by atoms with Gasteiger partial charge in [0.15, 0.2) is 5.78 Å². The molecule has 0 aliphatic carbocycles. The Labute approximate surface area is 160 Å². The number of carbonyl (C=O) groups is 1. The van der Waals surface area contributed by atoms with Crippen LogP contribution in [-0.4, -0.2) is 49.1 Å². The van der Waals surface area contributed by atoms with Gasteiger partial charge in [-0.15, -0.1) is 0 Å². The van der Waals surface area contributed by atoms with Crippen LogP contribution in [0.25, 0.3) is 21.8 Å².